The molecular weight excluding hydrogens is 251 g/mol. The number of halogens is 1. The lowest BCUT2D eigenvalue weighted by Gasteiger charge is -2.19. The van der Waals surface area contributed by atoms with Crippen molar-refractivity contribution in [2.75, 3.05) is 19.7 Å². The normalized spacial score (nSPS) is 9.79. The summed E-state index contributed by atoms with van der Waals surface area (Å²) in [5.74, 6) is -1.64. The molecule has 1 amide bonds. The van der Waals surface area contributed by atoms with Gasteiger partial charge in [0.2, 0.25) is 0 Å². The second-order valence-corrected chi connectivity index (χ2v) is 3.67. The van der Waals surface area contributed by atoms with E-state index in [-0.39, 0.29) is 25.3 Å². The molecule has 0 radical (unpaired) electrons. The fraction of sp³-hybridized carbons (Fsp3) is 0.308. The van der Waals surface area contributed by atoms with Crippen molar-refractivity contribution in [3.05, 3.63) is 42.5 Å². The average molecular weight is 266 g/mol. The summed E-state index contributed by atoms with van der Waals surface area (Å²) in [7, 11) is 0. The number of rotatable bonds is 6. The summed E-state index contributed by atoms with van der Waals surface area (Å²) in [5, 5.41) is 0. The first-order chi connectivity index (χ1) is 9.08. The summed E-state index contributed by atoms with van der Waals surface area (Å²) in [5.41, 5.74) is 0.0751. The molecule has 0 saturated heterocycles. The van der Waals surface area contributed by atoms with Crippen LogP contribution in [-0.4, -0.2) is 41.5 Å². The van der Waals surface area contributed by atoms with Crippen molar-refractivity contribution in [2.24, 2.45) is 0 Å². The molecular formula is C13H15FN2O3. The lowest BCUT2D eigenvalue weighted by Crippen LogP contribution is -2.36. The molecule has 0 saturated carbocycles. The number of hydrogen-bond acceptors (Lipinski definition) is 4. The Labute approximate surface area is 110 Å². The van der Waals surface area contributed by atoms with Crippen LogP contribution >= 0.6 is 0 Å². The SMILES string of the molecule is C=CCN(CC(=O)OCC)C(=O)c1cncc(F)c1. The topological polar surface area (TPSA) is 59.5 Å². The van der Waals surface area contributed by atoms with Crippen LogP contribution in [0.5, 0.6) is 0 Å². The van der Waals surface area contributed by atoms with Crippen LogP contribution in [0.4, 0.5) is 4.39 Å². The molecule has 102 valence electrons. The summed E-state index contributed by atoms with van der Waals surface area (Å²) < 4.78 is 17.8. The Morgan fingerprint density at radius 1 is 1.53 bits per heavy atom. The summed E-state index contributed by atoms with van der Waals surface area (Å²) in [6, 6.07) is 1.07. The Morgan fingerprint density at radius 3 is 2.84 bits per heavy atom. The number of amides is 1. The second-order valence-electron chi connectivity index (χ2n) is 3.67. The minimum Gasteiger partial charge on any atom is -0.465 e. The first-order valence-electron chi connectivity index (χ1n) is 5.74. The molecule has 0 aliphatic carbocycles. The van der Waals surface area contributed by atoms with E-state index in [1.807, 2.05) is 0 Å². The minimum absolute atomic E-state index is 0.0751. The molecule has 0 spiro atoms. The van der Waals surface area contributed by atoms with Crippen molar-refractivity contribution < 1.29 is 18.7 Å². The van der Waals surface area contributed by atoms with Crippen LogP contribution in [0.2, 0.25) is 0 Å². The molecule has 0 fully saturated rings. The van der Waals surface area contributed by atoms with Crippen molar-refractivity contribution in [3.8, 4) is 0 Å². The fourth-order valence-electron chi connectivity index (χ4n) is 1.45. The Hall–Kier alpha value is -2.24. The number of pyridine rings is 1. The molecule has 0 atom stereocenters. The Bertz CT molecular complexity index is 477. The molecule has 0 aliphatic heterocycles. The molecule has 1 aromatic heterocycles. The number of esters is 1. The molecule has 0 aromatic carbocycles. The smallest absolute Gasteiger partial charge is 0.325 e. The standard InChI is InChI=1S/C13H15FN2O3/c1-3-5-16(9-12(17)19-4-2)13(18)10-6-11(14)8-15-7-10/h3,6-8H,1,4-5,9H2,2H3. The van der Waals surface area contributed by atoms with E-state index in [1.54, 1.807) is 6.92 Å². The van der Waals surface area contributed by atoms with E-state index >= 15 is 0 Å². The van der Waals surface area contributed by atoms with Gasteiger partial charge in [0.1, 0.15) is 12.4 Å². The zero-order chi connectivity index (χ0) is 14.3. The van der Waals surface area contributed by atoms with Gasteiger partial charge in [-0.2, -0.15) is 0 Å². The van der Waals surface area contributed by atoms with E-state index in [2.05, 4.69) is 11.6 Å². The van der Waals surface area contributed by atoms with Crippen molar-refractivity contribution in [1.29, 1.82) is 0 Å². The van der Waals surface area contributed by atoms with E-state index in [0.29, 0.717) is 0 Å². The summed E-state index contributed by atoms with van der Waals surface area (Å²) in [6.45, 7) is 5.37. The van der Waals surface area contributed by atoms with Crippen LogP contribution < -0.4 is 0 Å². The van der Waals surface area contributed by atoms with Crippen LogP contribution in [0.25, 0.3) is 0 Å². The van der Waals surface area contributed by atoms with Gasteiger partial charge in [0.15, 0.2) is 0 Å². The van der Waals surface area contributed by atoms with Crippen molar-refractivity contribution in [3.63, 3.8) is 0 Å². The number of carbonyl (C=O) groups is 2. The third kappa shape index (κ3) is 4.50. The van der Waals surface area contributed by atoms with E-state index in [1.165, 1.54) is 17.2 Å². The third-order valence-electron chi connectivity index (χ3n) is 2.21. The zero-order valence-corrected chi connectivity index (χ0v) is 10.6. The fourth-order valence-corrected chi connectivity index (χ4v) is 1.45. The summed E-state index contributed by atoms with van der Waals surface area (Å²) >= 11 is 0. The number of ether oxygens (including phenoxy) is 1. The lowest BCUT2D eigenvalue weighted by molar-refractivity contribution is -0.143. The summed E-state index contributed by atoms with van der Waals surface area (Å²) in [4.78, 5) is 28.3. The lowest BCUT2D eigenvalue weighted by atomic mass is 10.2. The summed E-state index contributed by atoms with van der Waals surface area (Å²) in [6.07, 6.45) is 3.72. The number of aromatic nitrogens is 1. The van der Waals surface area contributed by atoms with Gasteiger partial charge >= 0.3 is 5.97 Å². The maximum Gasteiger partial charge on any atom is 0.325 e. The molecule has 19 heavy (non-hydrogen) atoms. The van der Waals surface area contributed by atoms with Crippen molar-refractivity contribution in [1.82, 2.24) is 9.88 Å². The Morgan fingerprint density at radius 2 is 2.26 bits per heavy atom. The number of nitrogens with zero attached hydrogens (tertiary/aromatic N) is 2. The minimum atomic E-state index is -0.611. The van der Waals surface area contributed by atoms with Crippen LogP contribution in [-0.2, 0) is 9.53 Å². The van der Waals surface area contributed by atoms with Gasteiger partial charge in [-0.25, -0.2) is 4.39 Å². The van der Waals surface area contributed by atoms with Crippen LogP contribution in [0.3, 0.4) is 0 Å². The van der Waals surface area contributed by atoms with Crippen LogP contribution in [0, 0.1) is 5.82 Å². The number of carbonyl (C=O) groups excluding carboxylic acids is 2. The maximum atomic E-state index is 13.0. The van der Waals surface area contributed by atoms with E-state index in [4.69, 9.17) is 4.74 Å². The quantitative estimate of drug-likeness (QED) is 0.577. The molecule has 5 nitrogen and oxygen atoms in total. The molecule has 0 unspecified atom stereocenters. The Balaban J connectivity index is 2.83. The molecule has 1 rings (SSSR count). The van der Waals surface area contributed by atoms with Gasteiger partial charge in [0, 0.05) is 12.7 Å². The van der Waals surface area contributed by atoms with Gasteiger partial charge in [-0.3, -0.25) is 14.6 Å². The number of hydrogen-bond donors (Lipinski definition) is 0. The second kappa shape index (κ2) is 7.25. The first kappa shape index (κ1) is 14.8. The predicted molar refractivity (Wildman–Crippen MR) is 66.9 cm³/mol. The highest BCUT2D eigenvalue weighted by Crippen LogP contribution is 2.06. The highest BCUT2D eigenvalue weighted by Gasteiger charge is 2.19. The van der Waals surface area contributed by atoms with Gasteiger partial charge in [-0.1, -0.05) is 6.08 Å². The molecule has 0 aliphatic rings. The average Bonchev–Trinajstić information content (AvgIpc) is 2.37. The highest BCUT2D eigenvalue weighted by atomic mass is 19.1. The third-order valence-corrected chi connectivity index (χ3v) is 2.21. The van der Waals surface area contributed by atoms with Crippen molar-refractivity contribution in [2.45, 2.75) is 6.92 Å². The van der Waals surface area contributed by atoms with Gasteiger partial charge in [0.05, 0.1) is 18.4 Å². The van der Waals surface area contributed by atoms with E-state index < -0.39 is 17.7 Å². The largest absolute Gasteiger partial charge is 0.465 e. The first-order valence-corrected chi connectivity index (χ1v) is 5.74. The monoisotopic (exact) mass is 266 g/mol. The maximum absolute atomic E-state index is 13.0. The molecule has 1 aromatic rings. The van der Waals surface area contributed by atoms with Crippen molar-refractivity contribution >= 4 is 11.9 Å². The van der Waals surface area contributed by atoms with Crippen LogP contribution in [0.1, 0.15) is 17.3 Å². The van der Waals surface area contributed by atoms with Gasteiger partial charge < -0.3 is 9.64 Å². The van der Waals surface area contributed by atoms with E-state index in [9.17, 15) is 14.0 Å². The molecule has 0 bridgehead atoms. The van der Waals surface area contributed by atoms with Gasteiger partial charge in [0.25, 0.3) is 5.91 Å². The molecule has 1 heterocycles. The van der Waals surface area contributed by atoms with Gasteiger partial charge in [-0.05, 0) is 13.0 Å². The highest BCUT2D eigenvalue weighted by molar-refractivity contribution is 5.95. The van der Waals surface area contributed by atoms with E-state index in [0.717, 1.165) is 12.3 Å². The van der Waals surface area contributed by atoms with Crippen LogP contribution in [0.15, 0.2) is 31.1 Å². The zero-order valence-electron chi connectivity index (χ0n) is 10.6. The van der Waals surface area contributed by atoms with Gasteiger partial charge in [-0.15, -0.1) is 6.58 Å². The molecule has 0 N–H and O–H groups in total. The Kier molecular flexibility index (Phi) is 5.66. The predicted octanol–water partition coefficient (Wildman–Crippen LogP) is 1.41. The molecule has 6 heteroatoms.